The van der Waals surface area contributed by atoms with Crippen LogP contribution in [0.1, 0.15) is 10.4 Å². The molecule has 2 aromatic carbocycles. The standard InChI is InChI=1S/C17H10BrN3OS/c18-10-5-6-14-15(9-10)23-17(20-14)21-16(22)12-7-8-19-13-4-2-1-3-11(12)13/h1-9H,(H,20,21,22). The second kappa shape index (κ2) is 5.72. The highest BCUT2D eigenvalue weighted by atomic mass is 79.9. The zero-order chi connectivity index (χ0) is 15.8. The van der Waals surface area contributed by atoms with Gasteiger partial charge in [-0.15, -0.1) is 0 Å². The topological polar surface area (TPSA) is 54.9 Å². The lowest BCUT2D eigenvalue weighted by atomic mass is 10.1. The van der Waals surface area contributed by atoms with E-state index < -0.39 is 0 Å². The van der Waals surface area contributed by atoms with Crippen LogP contribution in [-0.2, 0) is 0 Å². The van der Waals surface area contributed by atoms with Crippen molar-refractivity contribution >= 4 is 59.4 Å². The van der Waals surface area contributed by atoms with Crippen LogP contribution in [0.15, 0.2) is 59.2 Å². The van der Waals surface area contributed by atoms with Gasteiger partial charge in [-0.3, -0.25) is 15.1 Å². The van der Waals surface area contributed by atoms with Gasteiger partial charge in [0.15, 0.2) is 5.13 Å². The molecular formula is C17H10BrN3OS. The van der Waals surface area contributed by atoms with E-state index in [0.29, 0.717) is 10.7 Å². The molecule has 0 saturated heterocycles. The Hall–Kier alpha value is -2.31. The number of pyridine rings is 1. The Morgan fingerprint density at radius 3 is 2.87 bits per heavy atom. The molecule has 4 rings (SSSR count). The summed E-state index contributed by atoms with van der Waals surface area (Å²) in [5.41, 5.74) is 2.26. The molecule has 2 aromatic heterocycles. The van der Waals surface area contributed by atoms with Crippen LogP contribution >= 0.6 is 27.3 Å². The molecule has 0 aliphatic heterocycles. The van der Waals surface area contributed by atoms with Crippen molar-refractivity contribution < 1.29 is 4.79 Å². The molecule has 0 atom stereocenters. The van der Waals surface area contributed by atoms with Crippen molar-refractivity contribution in [2.75, 3.05) is 5.32 Å². The molecule has 0 aliphatic rings. The number of anilines is 1. The van der Waals surface area contributed by atoms with Crippen molar-refractivity contribution in [3.8, 4) is 0 Å². The van der Waals surface area contributed by atoms with Crippen molar-refractivity contribution in [3.05, 3.63) is 64.8 Å². The van der Waals surface area contributed by atoms with Gasteiger partial charge in [0.25, 0.3) is 5.91 Å². The first-order chi connectivity index (χ1) is 11.2. The molecule has 0 spiro atoms. The van der Waals surface area contributed by atoms with Gasteiger partial charge < -0.3 is 0 Å². The Kier molecular flexibility index (Phi) is 3.55. The van der Waals surface area contributed by atoms with Gasteiger partial charge in [-0.2, -0.15) is 0 Å². The summed E-state index contributed by atoms with van der Waals surface area (Å²) >= 11 is 4.89. The maximum atomic E-state index is 12.6. The first-order valence-electron chi connectivity index (χ1n) is 6.92. The second-order valence-corrected chi connectivity index (χ2v) is 6.91. The third kappa shape index (κ3) is 2.71. The van der Waals surface area contributed by atoms with Crippen molar-refractivity contribution in [3.63, 3.8) is 0 Å². The monoisotopic (exact) mass is 383 g/mol. The zero-order valence-corrected chi connectivity index (χ0v) is 14.2. The number of para-hydroxylation sites is 1. The van der Waals surface area contributed by atoms with Crippen LogP contribution in [0.2, 0.25) is 0 Å². The molecule has 0 radical (unpaired) electrons. The van der Waals surface area contributed by atoms with Crippen molar-refractivity contribution in [1.82, 2.24) is 9.97 Å². The molecule has 23 heavy (non-hydrogen) atoms. The molecule has 4 nitrogen and oxygen atoms in total. The number of rotatable bonds is 2. The normalized spacial score (nSPS) is 11.0. The minimum absolute atomic E-state index is 0.179. The van der Waals surface area contributed by atoms with Crippen LogP contribution in [0.4, 0.5) is 5.13 Å². The molecule has 1 N–H and O–H groups in total. The Morgan fingerprint density at radius 1 is 1.09 bits per heavy atom. The highest BCUT2D eigenvalue weighted by molar-refractivity contribution is 9.10. The quantitative estimate of drug-likeness (QED) is 0.537. The molecule has 0 aliphatic carbocycles. The number of thiazole rings is 1. The molecule has 0 fully saturated rings. The van der Waals surface area contributed by atoms with Crippen LogP contribution in [-0.4, -0.2) is 15.9 Å². The van der Waals surface area contributed by atoms with Crippen LogP contribution in [0.25, 0.3) is 21.1 Å². The Labute approximate surface area is 144 Å². The van der Waals surface area contributed by atoms with E-state index in [9.17, 15) is 4.79 Å². The molecule has 6 heteroatoms. The van der Waals surface area contributed by atoms with E-state index in [2.05, 4.69) is 31.2 Å². The fourth-order valence-corrected chi connectivity index (χ4v) is 3.82. The lowest BCUT2D eigenvalue weighted by Gasteiger charge is -2.05. The third-order valence-electron chi connectivity index (χ3n) is 3.46. The number of hydrogen-bond acceptors (Lipinski definition) is 4. The number of carbonyl (C=O) groups is 1. The SMILES string of the molecule is O=C(Nc1nc2ccc(Br)cc2s1)c1ccnc2ccccc12. The van der Waals surface area contributed by atoms with E-state index in [1.54, 1.807) is 12.3 Å². The first-order valence-corrected chi connectivity index (χ1v) is 8.53. The number of nitrogens with one attached hydrogen (secondary N) is 1. The van der Waals surface area contributed by atoms with Crippen molar-refractivity contribution in [2.24, 2.45) is 0 Å². The lowest BCUT2D eigenvalue weighted by Crippen LogP contribution is -2.12. The fourth-order valence-electron chi connectivity index (χ4n) is 2.41. The van der Waals surface area contributed by atoms with E-state index in [1.165, 1.54) is 11.3 Å². The molecule has 4 aromatic rings. The van der Waals surface area contributed by atoms with Gasteiger partial charge in [0.1, 0.15) is 0 Å². The van der Waals surface area contributed by atoms with Crippen LogP contribution in [0.5, 0.6) is 0 Å². The summed E-state index contributed by atoms with van der Waals surface area (Å²) < 4.78 is 2.01. The van der Waals surface area contributed by atoms with Gasteiger partial charge >= 0.3 is 0 Å². The molecular weight excluding hydrogens is 374 g/mol. The number of benzene rings is 2. The van der Waals surface area contributed by atoms with E-state index in [-0.39, 0.29) is 5.91 Å². The summed E-state index contributed by atoms with van der Waals surface area (Å²) in [6.45, 7) is 0. The first kappa shape index (κ1) is 14.3. The summed E-state index contributed by atoms with van der Waals surface area (Å²) in [6, 6.07) is 15.2. The van der Waals surface area contributed by atoms with Gasteiger partial charge in [0.2, 0.25) is 0 Å². The number of nitrogens with zero attached hydrogens (tertiary/aromatic N) is 2. The van der Waals surface area contributed by atoms with Gasteiger partial charge in [-0.05, 0) is 30.3 Å². The molecule has 0 unspecified atom stereocenters. The maximum absolute atomic E-state index is 12.6. The average molecular weight is 384 g/mol. The number of carbonyl (C=O) groups excluding carboxylic acids is 1. The highest BCUT2D eigenvalue weighted by Crippen LogP contribution is 2.29. The molecule has 0 saturated carbocycles. The van der Waals surface area contributed by atoms with Crippen molar-refractivity contribution in [2.45, 2.75) is 0 Å². The van der Waals surface area contributed by atoms with Gasteiger partial charge in [0.05, 0.1) is 21.3 Å². The fraction of sp³-hybridized carbons (Fsp3) is 0. The van der Waals surface area contributed by atoms with Crippen LogP contribution in [0, 0.1) is 0 Å². The highest BCUT2D eigenvalue weighted by Gasteiger charge is 2.13. The lowest BCUT2D eigenvalue weighted by molar-refractivity contribution is 0.102. The molecule has 0 bridgehead atoms. The van der Waals surface area contributed by atoms with Gasteiger partial charge in [-0.1, -0.05) is 45.5 Å². The van der Waals surface area contributed by atoms with Gasteiger partial charge in [-0.25, -0.2) is 4.98 Å². The zero-order valence-electron chi connectivity index (χ0n) is 11.8. The van der Waals surface area contributed by atoms with Gasteiger partial charge in [0, 0.05) is 16.1 Å². The van der Waals surface area contributed by atoms with E-state index in [1.807, 2.05) is 42.5 Å². The Morgan fingerprint density at radius 2 is 1.96 bits per heavy atom. The molecule has 1 amide bonds. The summed E-state index contributed by atoms with van der Waals surface area (Å²) in [6.07, 6.45) is 1.65. The minimum Gasteiger partial charge on any atom is -0.298 e. The molecule has 112 valence electrons. The second-order valence-electron chi connectivity index (χ2n) is 4.96. The van der Waals surface area contributed by atoms with E-state index in [4.69, 9.17) is 0 Å². The Bertz CT molecular complexity index is 1040. The average Bonchev–Trinajstić information content (AvgIpc) is 2.95. The van der Waals surface area contributed by atoms with Crippen LogP contribution in [0.3, 0.4) is 0 Å². The number of aromatic nitrogens is 2. The minimum atomic E-state index is -0.179. The summed E-state index contributed by atoms with van der Waals surface area (Å²) in [5.74, 6) is -0.179. The van der Waals surface area contributed by atoms with E-state index >= 15 is 0 Å². The smallest absolute Gasteiger partial charge is 0.258 e. The third-order valence-corrected chi connectivity index (χ3v) is 4.89. The Balaban J connectivity index is 1.70. The van der Waals surface area contributed by atoms with E-state index in [0.717, 1.165) is 25.6 Å². The number of fused-ring (bicyclic) bond motifs is 2. The maximum Gasteiger partial charge on any atom is 0.258 e. The number of hydrogen-bond donors (Lipinski definition) is 1. The summed E-state index contributed by atoms with van der Waals surface area (Å²) in [4.78, 5) is 21.3. The summed E-state index contributed by atoms with van der Waals surface area (Å²) in [5, 5.41) is 4.30. The number of amides is 1. The predicted octanol–water partition coefficient (Wildman–Crippen LogP) is 4.86. The van der Waals surface area contributed by atoms with Crippen LogP contribution < -0.4 is 5.32 Å². The summed E-state index contributed by atoms with van der Waals surface area (Å²) in [7, 11) is 0. The molecule has 2 heterocycles. The largest absolute Gasteiger partial charge is 0.298 e. The van der Waals surface area contributed by atoms with Crippen molar-refractivity contribution in [1.29, 1.82) is 0 Å². The number of halogens is 1. The predicted molar refractivity (Wildman–Crippen MR) is 97.0 cm³/mol.